The molecule has 17 heavy (non-hydrogen) atoms. The third-order valence-corrected chi connectivity index (χ3v) is 3.25. The van der Waals surface area contributed by atoms with Crippen molar-refractivity contribution in [3.63, 3.8) is 0 Å². The lowest BCUT2D eigenvalue weighted by Crippen LogP contribution is -2.18. The molecule has 0 heterocycles. The molecule has 0 radical (unpaired) electrons. The first kappa shape index (κ1) is 15.9. The van der Waals surface area contributed by atoms with E-state index in [9.17, 15) is 0 Å². The number of nitrogens with zero attached hydrogens (tertiary/aromatic N) is 1. The zero-order valence-corrected chi connectivity index (χ0v) is 11.7. The van der Waals surface area contributed by atoms with Crippen LogP contribution >= 0.6 is 0 Å². The molecule has 96 valence electrons. The summed E-state index contributed by atoms with van der Waals surface area (Å²) in [6.07, 6.45) is 13.5. The first-order valence-corrected chi connectivity index (χ1v) is 6.61. The van der Waals surface area contributed by atoms with Crippen LogP contribution in [0.4, 0.5) is 0 Å². The predicted octanol–water partition coefficient (Wildman–Crippen LogP) is 5.31. The van der Waals surface area contributed by atoms with Crippen molar-refractivity contribution in [3.8, 4) is 0 Å². The highest BCUT2D eigenvalue weighted by Crippen LogP contribution is 2.37. The van der Waals surface area contributed by atoms with E-state index in [1.807, 2.05) is 12.3 Å². The van der Waals surface area contributed by atoms with Crippen LogP contribution in [0.15, 0.2) is 42.1 Å². The second-order valence-corrected chi connectivity index (χ2v) is 4.72. The molecule has 0 N–H and O–H groups in total. The minimum absolute atomic E-state index is 0.236. The van der Waals surface area contributed by atoms with Crippen molar-refractivity contribution >= 4 is 6.21 Å². The van der Waals surface area contributed by atoms with Crippen LogP contribution in [0.3, 0.4) is 0 Å². The Bertz CT molecular complexity index is 286. The lowest BCUT2D eigenvalue weighted by atomic mass is 9.74. The van der Waals surface area contributed by atoms with Crippen molar-refractivity contribution in [1.29, 1.82) is 0 Å². The molecule has 0 aromatic carbocycles. The fraction of sp³-hybridized carbons (Fsp3) is 0.562. The molecule has 0 fully saturated rings. The molecule has 0 aliphatic carbocycles. The van der Waals surface area contributed by atoms with Crippen molar-refractivity contribution in [3.05, 3.63) is 37.1 Å². The van der Waals surface area contributed by atoms with Crippen LogP contribution < -0.4 is 0 Å². The van der Waals surface area contributed by atoms with Crippen LogP contribution in [0.25, 0.3) is 0 Å². The smallest absolute Gasteiger partial charge is 0.0270 e. The minimum Gasteiger partial charge on any atom is -0.265 e. The molecule has 0 aromatic heterocycles. The average molecular weight is 233 g/mol. The van der Waals surface area contributed by atoms with E-state index in [2.05, 4.69) is 45.0 Å². The normalized spacial score (nSPS) is 15.8. The summed E-state index contributed by atoms with van der Waals surface area (Å²) in [5.74, 6) is 0. The Balaban J connectivity index is 4.95. The Morgan fingerprint density at radius 2 is 1.88 bits per heavy atom. The van der Waals surface area contributed by atoms with E-state index in [0.717, 1.165) is 0 Å². The SMILES string of the molecule is C=CN=C/C=C(\C=C)C(C)(CCC)CCCC. The maximum absolute atomic E-state index is 4.03. The predicted molar refractivity (Wildman–Crippen MR) is 79.5 cm³/mol. The fourth-order valence-electron chi connectivity index (χ4n) is 2.23. The standard InChI is InChI=1S/C16H27N/c1-6-10-13-16(5,12-7-2)15(8-3)11-14-17-9-4/h8-9,11,14H,3-4,6-7,10,12-13H2,1-2,5H3/b15-11+,17-14?. The number of unbranched alkanes of at least 4 members (excludes halogenated alkanes) is 1. The molecule has 0 rings (SSSR count). The summed E-state index contributed by atoms with van der Waals surface area (Å²) < 4.78 is 0. The molecule has 0 aromatic rings. The van der Waals surface area contributed by atoms with Gasteiger partial charge in [-0.15, -0.1) is 0 Å². The van der Waals surface area contributed by atoms with Crippen LogP contribution in [0.1, 0.15) is 52.9 Å². The Morgan fingerprint density at radius 3 is 2.35 bits per heavy atom. The van der Waals surface area contributed by atoms with Gasteiger partial charge in [0.15, 0.2) is 0 Å². The number of hydrogen-bond donors (Lipinski definition) is 0. The Kier molecular flexibility index (Phi) is 8.39. The van der Waals surface area contributed by atoms with Crippen molar-refractivity contribution in [2.75, 3.05) is 0 Å². The van der Waals surface area contributed by atoms with E-state index in [4.69, 9.17) is 0 Å². The van der Waals surface area contributed by atoms with Gasteiger partial charge in [-0.25, -0.2) is 0 Å². The molecule has 0 aliphatic heterocycles. The third-order valence-electron chi connectivity index (χ3n) is 3.25. The summed E-state index contributed by atoms with van der Waals surface area (Å²) >= 11 is 0. The van der Waals surface area contributed by atoms with Gasteiger partial charge >= 0.3 is 0 Å². The molecule has 0 spiro atoms. The monoisotopic (exact) mass is 233 g/mol. The van der Waals surface area contributed by atoms with Crippen LogP contribution in [-0.4, -0.2) is 6.21 Å². The molecule has 1 heteroatoms. The zero-order valence-electron chi connectivity index (χ0n) is 11.7. The summed E-state index contributed by atoms with van der Waals surface area (Å²) in [7, 11) is 0. The van der Waals surface area contributed by atoms with Gasteiger partial charge in [-0.1, -0.05) is 59.3 Å². The molecule has 0 aliphatic rings. The van der Waals surface area contributed by atoms with Gasteiger partial charge in [-0.05, 0) is 29.9 Å². The van der Waals surface area contributed by atoms with Gasteiger partial charge in [0, 0.05) is 12.4 Å². The molecule has 1 atom stereocenters. The molecule has 1 unspecified atom stereocenters. The van der Waals surface area contributed by atoms with E-state index >= 15 is 0 Å². The van der Waals surface area contributed by atoms with Gasteiger partial charge in [0.2, 0.25) is 0 Å². The second kappa shape index (κ2) is 8.98. The van der Waals surface area contributed by atoms with E-state index in [1.54, 1.807) is 6.20 Å². The Morgan fingerprint density at radius 1 is 1.18 bits per heavy atom. The molecule has 0 amide bonds. The Hall–Kier alpha value is -1.11. The average Bonchev–Trinajstić information content (AvgIpc) is 2.32. The summed E-state index contributed by atoms with van der Waals surface area (Å²) in [5, 5.41) is 0. The Labute approximate surface area is 107 Å². The highest BCUT2D eigenvalue weighted by molar-refractivity contribution is 5.73. The number of aliphatic imine (C=N–C) groups is 1. The lowest BCUT2D eigenvalue weighted by Gasteiger charge is -2.31. The van der Waals surface area contributed by atoms with E-state index in [-0.39, 0.29) is 5.41 Å². The molecular formula is C16H27N. The third kappa shape index (κ3) is 5.67. The largest absolute Gasteiger partial charge is 0.265 e. The van der Waals surface area contributed by atoms with Crippen LogP contribution in [0.5, 0.6) is 0 Å². The van der Waals surface area contributed by atoms with Gasteiger partial charge in [0.05, 0.1) is 0 Å². The summed E-state index contributed by atoms with van der Waals surface area (Å²) in [6, 6.07) is 0. The number of hydrogen-bond acceptors (Lipinski definition) is 1. The first-order chi connectivity index (χ1) is 8.14. The van der Waals surface area contributed by atoms with E-state index in [1.165, 1.54) is 37.7 Å². The van der Waals surface area contributed by atoms with Crippen molar-refractivity contribution in [2.24, 2.45) is 10.4 Å². The lowest BCUT2D eigenvalue weighted by molar-refractivity contribution is 0.329. The maximum Gasteiger partial charge on any atom is 0.0270 e. The molecule has 0 saturated heterocycles. The zero-order chi connectivity index (χ0) is 13.1. The minimum atomic E-state index is 0.236. The van der Waals surface area contributed by atoms with Crippen molar-refractivity contribution < 1.29 is 0 Å². The molecule has 0 bridgehead atoms. The highest BCUT2D eigenvalue weighted by atomic mass is 14.6. The summed E-state index contributed by atoms with van der Waals surface area (Å²) in [5.41, 5.74) is 1.53. The number of allylic oxidation sites excluding steroid dienone is 3. The second-order valence-electron chi connectivity index (χ2n) is 4.72. The molecular weight excluding hydrogens is 206 g/mol. The van der Waals surface area contributed by atoms with Crippen molar-refractivity contribution in [2.45, 2.75) is 52.9 Å². The molecule has 1 nitrogen and oxygen atoms in total. The van der Waals surface area contributed by atoms with Gasteiger partial charge < -0.3 is 0 Å². The quantitative estimate of drug-likeness (QED) is 0.378. The fourth-order valence-corrected chi connectivity index (χ4v) is 2.23. The van der Waals surface area contributed by atoms with Crippen LogP contribution in [0.2, 0.25) is 0 Å². The van der Waals surface area contributed by atoms with Crippen LogP contribution in [-0.2, 0) is 0 Å². The summed E-state index contributed by atoms with van der Waals surface area (Å²) in [6.45, 7) is 14.3. The topological polar surface area (TPSA) is 12.4 Å². The summed E-state index contributed by atoms with van der Waals surface area (Å²) in [4.78, 5) is 4.03. The van der Waals surface area contributed by atoms with Gasteiger partial charge in [-0.2, -0.15) is 0 Å². The van der Waals surface area contributed by atoms with E-state index in [0.29, 0.717) is 0 Å². The highest BCUT2D eigenvalue weighted by Gasteiger charge is 2.25. The van der Waals surface area contributed by atoms with Crippen molar-refractivity contribution in [1.82, 2.24) is 0 Å². The maximum atomic E-state index is 4.03. The first-order valence-electron chi connectivity index (χ1n) is 6.61. The molecule has 0 saturated carbocycles. The van der Waals surface area contributed by atoms with E-state index < -0.39 is 0 Å². The van der Waals surface area contributed by atoms with Gasteiger partial charge in [-0.3, -0.25) is 4.99 Å². The van der Waals surface area contributed by atoms with Gasteiger partial charge in [0.25, 0.3) is 0 Å². The van der Waals surface area contributed by atoms with Gasteiger partial charge in [0.1, 0.15) is 0 Å². The number of rotatable bonds is 9. The van der Waals surface area contributed by atoms with Crippen LogP contribution in [0, 0.1) is 5.41 Å².